The fourth-order valence-corrected chi connectivity index (χ4v) is 3.22. The van der Waals surface area contributed by atoms with Gasteiger partial charge < -0.3 is 9.15 Å². The molecule has 0 spiro atoms. The highest BCUT2D eigenvalue weighted by atomic mass is 16.5. The lowest BCUT2D eigenvalue weighted by Crippen LogP contribution is -2.02. The Hall–Kier alpha value is -3.66. The summed E-state index contributed by atoms with van der Waals surface area (Å²) in [4.78, 5) is 9.08. The predicted molar refractivity (Wildman–Crippen MR) is 120 cm³/mol. The van der Waals surface area contributed by atoms with Gasteiger partial charge in [-0.15, -0.1) is 0 Å². The van der Waals surface area contributed by atoms with Crippen molar-refractivity contribution < 1.29 is 9.15 Å². The first-order valence-electron chi connectivity index (χ1n) is 10.1. The number of nitrogens with zero attached hydrogens (tertiary/aromatic N) is 2. The smallest absolute Gasteiger partial charge is 0.221 e. The van der Waals surface area contributed by atoms with Crippen LogP contribution in [0, 0.1) is 6.92 Å². The van der Waals surface area contributed by atoms with Gasteiger partial charge in [0.05, 0.1) is 6.20 Å². The lowest BCUT2D eigenvalue weighted by Gasteiger charge is -2.12. The standard InChI is InChI=1S/C26H24N2O2/c1-3-21-16-23(26(28-19(21)2)29-18-20-10-6-4-7-11-20)14-15-25-27-17-24(30-25)22-12-8-5-9-13-22/h4-17H,3,18H2,1-2H3/b15-14+. The first-order chi connectivity index (χ1) is 14.7. The normalized spacial score (nSPS) is 11.1. The number of aryl methyl sites for hydroxylation is 2. The topological polar surface area (TPSA) is 48.2 Å². The van der Waals surface area contributed by atoms with E-state index in [0.717, 1.165) is 34.6 Å². The Labute approximate surface area is 176 Å². The number of oxazole rings is 1. The van der Waals surface area contributed by atoms with Gasteiger partial charge in [0.15, 0.2) is 5.76 Å². The number of hydrogen-bond acceptors (Lipinski definition) is 4. The maximum atomic E-state index is 6.05. The van der Waals surface area contributed by atoms with Crippen molar-refractivity contribution >= 4 is 12.2 Å². The molecule has 0 aliphatic rings. The van der Waals surface area contributed by atoms with Gasteiger partial charge in [-0.1, -0.05) is 67.6 Å². The molecule has 0 N–H and O–H groups in total. The molecule has 0 aliphatic carbocycles. The molecule has 0 saturated heterocycles. The average Bonchev–Trinajstić information content (AvgIpc) is 3.27. The Kier molecular flexibility index (Phi) is 6.04. The van der Waals surface area contributed by atoms with Crippen molar-refractivity contribution in [2.24, 2.45) is 0 Å². The third kappa shape index (κ3) is 4.66. The SMILES string of the molecule is CCc1cc(/C=C/c2ncc(-c3ccccc3)o2)c(OCc2ccccc2)nc1C. The van der Waals surface area contributed by atoms with Crippen molar-refractivity contribution in [2.45, 2.75) is 26.9 Å². The van der Waals surface area contributed by atoms with Crippen molar-refractivity contribution in [1.82, 2.24) is 9.97 Å². The summed E-state index contributed by atoms with van der Waals surface area (Å²) in [5, 5.41) is 0. The molecule has 0 aliphatic heterocycles. The van der Waals surface area contributed by atoms with Crippen LogP contribution >= 0.6 is 0 Å². The van der Waals surface area contributed by atoms with Gasteiger partial charge in [0, 0.05) is 22.9 Å². The van der Waals surface area contributed by atoms with Gasteiger partial charge in [-0.3, -0.25) is 0 Å². The Morgan fingerprint density at radius 2 is 1.70 bits per heavy atom. The van der Waals surface area contributed by atoms with E-state index in [-0.39, 0.29) is 0 Å². The van der Waals surface area contributed by atoms with Gasteiger partial charge in [-0.2, -0.15) is 0 Å². The minimum atomic E-state index is 0.469. The van der Waals surface area contributed by atoms with Crippen molar-refractivity contribution in [2.75, 3.05) is 0 Å². The van der Waals surface area contributed by atoms with Crippen LogP contribution in [-0.4, -0.2) is 9.97 Å². The molecule has 4 aromatic rings. The molecule has 30 heavy (non-hydrogen) atoms. The van der Waals surface area contributed by atoms with Crippen LogP contribution in [0.15, 0.2) is 77.3 Å². The minimum absolute atomic E-state index is 0.469. The first kappa shape index (κ1) is 19.6. The lowest BCUT2D eigenvalue weighted by atomic mass is 10.1. The largest absolute Gasteiger partial charge is 0.472 e. The summed E-state index contributed by atoms with van der Waals surface area (Å²) >= 11 is 0. The summed E-state index contributed by atoms with van der Waals surface area (Å²) < 4.78 is 11.9. The summed E-state index contributed by atoms with van der Waals surface area (Å²) in [7, 11) is 0. The molecule has 0 fully saturated rings. The summed E-state index contributed by atoms with van der Waals surface area (Å²) in [5.41, 5.74) is 5.19. The second kappa shape index (κ2) is 9.23. The molecule has 0 atom stereocenters. The highest BCUT2D eigenvalue weighted by Crippen LogP contribution is 2.25. The maximum Gasteiger partial charge on any atom is 0.221 e. The van der Waals surface area contributed by atoms with Crippen molar-refractivity contribution in [3.63, 3.8) is 0 Å². The molecular weight excluding hydrogens is 372 g/mol. The molecule has 2 heterocycles. The van der Waals surface area contributed by atoms with Crippen molar-refractivity contribution in [1.29, 1.82) is 0 Å². The number of ether oxygens (including phenoxy) is 1. The number of aromatic nitrogens is 2. The van der Waals surface area contributed by atoms with Gasteiger partial charge in [0.1, 0.15) is 6.61 Å². The molecule has 0 unspecified atom stereocenters. The third-order valence-electron chi connectivity index (χ3n) is 4.90. The van der Waals surface area contributed by atoms with E-state index in [4.69, 9.17) is 14.1 Å². The van der Waals surface area contributed by atoms with Gasteiger partial charge >= 0.3 is 0 Å². The van der Waals surface area contributed by atoms with Crippen LogP contribution in [-0.2, 0) is 13.0 Å². The fraction of sp³-hybridized carbons (Fsp3) is 0.154. The predicted octanol–water partition coefficient (Wildman–Crippen LogP) is 6.36. The molecule has 0 bridgehead atoms. The van der Waals surface area contributed by atoms with Crippen LogP contribution in [0.2, 0.25) is 0 Å². The summed E-state index contributed by atoms with van der Waals surface area (Å²) in [6.45, 7) is 4.61. The summed E-state index contributed by atoms with van der Waals surface area (Å²) in [6.07, 6.45) is 6.46. The van der Waals surface area contributed by atoms with Gasteiger partial charge in [0.2, 0.25) is 11.8 Å². The molecule has 4 nitrogen and oxygen atoms in total. The molecule has 4 heteroatoms. The van der Waals surface area contributed by atoms with Crippen LogP contribution in [0.3, 0.4) is 0 Å². The minimum Gasteiger partial charge on any atom is -0.472 e. The Bertz CT molecular complexity index is 1130. The van der Waals surface area contributed by atoms with E-state index >= 15 is 0 Å². The monoisotopic (exact) mass is 396 g/mol. The summed E-state index contributed by atoms with van der Waals surface area (Å²) in [5.74, 6) is 1.90. The molecule has 150 valence electrons. The maximum absolute atomic E-state index is 6.05. The van der Waals surface area contributed by atoms with E-state index in [1.807, 2.05) is 79.7 Å². The highest BCUT2D eigenvalue weighted by Gasteiger charge is 2.10. The molecule has 2 aromatic carbocycles. The van der Waals surface area contributed by atoms with Gasteiger partial charge in [0.25, 0.3) is 0 Å². The van der Waals surface area contributed by atoms with Crippen molar-refractivity contribution in [3.05, 3.63) is 101 Å². The zero-order valence-corrected chi connectivity index (χ0v) is 17.2. The summed E-state index contributed by atoms with van der Waals surface area (Å²) in [6, 6.07) is 22.2. The molecule has 0 amide bonds. The molecular formula is C26H24N2O2. The number of rotatable bonds is 7. The van der Waals surface area contributed by atoms with Gasteiger partial charge in [-0.25, -0.2) is 9.97 Å². The van der Waals surface area contributed by atoms with Gasteiger partial charge in [-0.05, 0) is 36.6 Å². The lowest BCUT2D eigenvalue weighted by molar-refractivity contribution is 0.292. The second-order valence-electron chi connectivity index (χ2n) is 7.02. The van der Waals surface area contributed by atoms with E-state index in [1.54, 1.807) is 6.20 Å². The van der Waals surface area contributed by atoms with E-state index in [1.165, 1.54) is 5.56 Å². The Balaban J connectivity index is 1.58. The van der Waals surface area contributed by atoms with Crippen molar-refractivity contribution in [3.8, 4) is 17.2 Å². The average molecular weight is 396 g/mol. The zero-order chi connectivity index (χ0) is 20.8. The molecule has 2 aromatic heterocycles. The third-order valence-corrected chi connectivity index (χ3v) is 4.90. The Morgan fingerprint density at radius 3 is 2.43 bits per heavy atom. The van der Waals surface area contributed by atoms with Crippen LogP contribution in [0.5, 0.6) is 5.88 Å². The molecule has 4 rings (SSSR count). The zero-order valence-electron chi connectivity index (χ0n) is 17.2. The quantitative estimate of drug-likeness (QED) is 0.365. The molecule has 0 radical (unpaired) electrons. The van der Waals surface area contributed by atoms with Crippen LogP contribution in [0.25, 0.3) is 23.5 Å². The van der Waals surface area contributed by atoms with Crippen LogP contribution in [0.4, 0.5) is 0 Å². The van der Waals surface area contributed by atoms with E-state index in [2.05, 4.69) is 18.0 Å². The first-order valence-corrected chi connectivity index (χ1v) is 10.1. The van der Waals surface area contributed by atoms with E-state index < -0.39 is 0 Å². The van der Waals surface area contributed by atoms with Crippen LogP contribution in [0.1, 0.15) is 35.2 Å². The fourth-order valence-electron chi connectivity index (χ4n) is 3.22. The number of pyridine rings is 1. The van der Waals surface area contributed by atoms with E-state index in [0.29, 0.717) is 18.4 Å². The second-order valence-corrected chi connectivity index (χ2v) is 7.02. The number of benzene rings is 2. The highest BCUT2D eigenvalue weighted by molar-refractivity contribution is 5.70. The number of hydrogen-bond donors (Lipinski definition) is 0. The Morgan fingerprint density at radius 1 is 0.967 bits per heavy atom. The molecule has 0 saturated carbocycles. The van der Waals surface area contributed by atoms with E-state index in [9.17, 15) is 0 Å². The van der Waals surface area contributed by atoms with Crippen LogP contribution < -0.4 is 4.74 Å².